The summed E-state index contributed by atoms with van der Waals surface area (Å²) in [6.07, 6.45) is 0. The van der Waals surface area contributed by atoms with Gasteiger partial charge >= 0.3 is 0 Å². The highest BCUT2D eigenvalue weighted by Gasteiger charge is 2.20. The zero-order valence-corrected chi connectivity index (χ0v) is 11.7. The fourth-order valence-electron chi connectivity index (χ4n) is 1.77. The third-order valence-corrected chi connectivity index (χ3v) is 2.53. The van der Waals surface area contributed by atoms with E-state index in [0.29, 0.717) is 18.9 Å². The Morgan fingerprint density at radius 2 is 2.05 bits per heavy atom. The van der Waals surface area contributed by atoms with Gasteiger partial charge in [0.2, 0.25) is 0 Å². The number of nitrogens with two attached hydrogens (primary N) is 1. The lowest BCUT2D eigenvalue weighted by molar-refractivity contribution is -0.125. The monoisotopic (exact) mass is 266 g/mol. The second-order valence-electron chi connectivity index (χ2n) is 4.97. The number of amides is 1. The Morgan fingerprint density at radius 3 is 2.68 bits per heavy atom. The van der Waals surface area contributed by atoms with Gasteiger partial charge < -0.3 is 20.5 Å². The summed E-state index contributed by atoms with van der Waals surface area (Å²) < 4.78 is 10.5. The molecule has 0 atom stereocenters. The molecule has 0 unspecified atom stereocenters. The fourth-order valence-corrected chi connectivity index (χ4v) is 1.77. The summed E-state index contributed by atoms with van der Waals surface area (Å²) in [6, 6.07) is 7.41. The van der Waals surface area contributed by atoms with Crippen molar-refractivity contribution in [1.82, 2.24) is 5.32 Å². The summed E-state index contributed by atoms with van der Waals surface area (Å²) in [5.41, 5.74) is 6.07. The number of rotatable bonds is 7. The van der Waals surface area contributed by atoms with Crippen molar-refractivity contribution in [2.75, 3.05) is 20.3 Å². The third kappa shape index (κ3) is 5.28. The van der Waals surface area contributed by atoms with E-state index in [1.54, 1.807) is 13.2 Å². The number of nitrogens with one attached hydrogen (secondary N) is 1. The van der Waals surface area contributed by atoms with Gasteiger partial charge in [0.25, 0.3) is 5.91 Å². The fraction of sp³-hybridized carbons (Fsp3) is 0.500. The van der Waals surface area contributed by atoms with Crippen molar-refractivity contribution in [1.29, 1.82) is 0 Å². The second-order valence-corrected chi connectivity index (χ2v) is 4.97. The first-order valence-electron chi connectivity index (χ1n) is 6.19. The van der Waals surface area contributed by atoms with E-state index in [0.717, 1.165) is 5.56 Å². The van der Waals surface area contributed by atoms with E-state index >= 15 is 0 Å². The van der Waals surface area contributed by atoms with Crippen molar-refractivity contribution < 1.29 is 14.3 Å². The number of ether oxygens (including phenoxy) is 2. The molecule has 1 rings (SSSR count). The number of benzene rings is 1. The molecule has 0 saturated carbocycles. The molecule has 1 amide bonds. The number of methoxy groups -OCH3 is 1. The number of hydrogen-bond acceptors (Lipinski definition) is 4. The smallest absolute Gasteiger partial charge is 0.258 e. The van der Waals surface area contributed by atoms with Crippen LogP contribution in [0.25, 0.3) is 0 Å². The van der Waals surface area contributed by atoms with Gasteiger partial charge in [-0.3, -0.25) is 4.79 Å². The van der Waals surface area contributed by atoms with Gasteiger partial charge in [0, 0.05) is 19.2 Å². The van der Waals surface area contributed by atoms with E-state index in [1.165, 1.54) is 0 Å². The molecule has 0 saturated heterocycles. The molecule has 0 aliphatic heterocycles. The van der Waals surface area contributed by atoms with Crippen LogP contribution in [-0.2, 0) is 16.1 Å². The maximum Gasteiger partial charge on any atom is 0.258 e. The first kappa shape index (κ1) is 15.5. The van der Waals surface area contributed by atoms with E-state index in [4.69, 9.17) is 15.2 Å². The van der Waals surface area contributed by atoms with Gasteiger partial charge in [0.05, 0.1) is 12.1 Å². The quantitative estimate of drug-likeness (QED) is 0.774. The molecule has 3 N–H and O–H groups in total. The molecule has 0 spiro atoms. The molecule has 0 bridgehead atoms. The van der Waals surface area contributed by atoms with Crippen LogP contribution in [0.15, 0.2) is 24.3 Å². The lowest BCUT2D eigenvalue weighted by Gasteiger charge is -2.25. The second kappa shape index (κ2) is 7.11. The number of carbonyl (C=O) groups excluding carboxylic acids is 1. The standard InChI is InChI=1S/C14H22N2O3/c1-14(2,10-18-3)16-13(17)9-19-12-7-5-4-6-11(12)8-15/h4-7H,8-10,15H2,1-3H3,(H,16,17). The molecule has 5 heteroatoms. The van der Waals surface area contributed by atoms with Crippen LogP contribution in [0.1, 0.15) is 19.4 Å². The maximum atomic E-state index is 11.8. The van der Waals surface area contributed by atoms with E-state index in [9.17, 15) is 4.79 Å². The Hall–Kier alpha value is -1.59. The molecule has 0 fully saturated rings. The molecule has 5 nitrogen and oxygen atoms in total. The van der Waals surface area contributed by atoms with Gasteiger partial charge in [0.1, 0.15) is 5.75 Å². The van der Waals surface area contributed by atoms with Crippen LogP contribution in [0.3, 0.4) is 0 Å². The van der Waals surface area contributed by atoms with Crippen LogP contribution in [0.2, 0.25) is 0 Å². The van der Waals surface area contributed by atoms with Gasteiger partial charge in [-0.25, -0.2) is 0 Å². The molecule has 0 aliphatic rings. The maximum absolute atomic E-state index is 11.8. The first-order valence-corrected chi connectivity index (χ1v) is 6.19. The molecule has 1 aromatic carbocycles. The Bertz CT molecular complexity index is 419. The highest BCUT2D eigenvalue weighted by atomic mass is 16.5. The predicted molar refractivity (Wildman–Crippen MR) is 73.9 cm³/mol. The van der Waals surface area contributed by atoms with Crippen molar-refractivity contribution in [2.24, 2.45) is 5.73 Å². The van der Waals surface area contributed by atoms with Crippen molar-refractivity contribution >= 4 is 5.91 Å². The van der Waals surface area contributed by atoms with Gasteiger partial charge in [-0.05, 0) is 19.9 Å². The SMILES string of the molecule is COCC(C)(C)NC(=O)COc1ccccc1CN. The van der Waals surface area contributed by atoms with Gasteiger partial charge in [-0.1, -0.05) is 18.2 Å². The van der Waals surface area contributed by atoms with Crippen LogP contribution in [0.4, 0.5) is 0 Å². The Morgan fingerprint density at radius 1 is 1.37 bits per heavy atom. The number of hydrogen-bond donors (Lipinski definition) is 2. The average Bonchev–Trinajstić information content (AvgIpc) is 2.36. The predicted octanol–water partition coefficient (Wildman–Crippen LogP) is 1.07. The zero-order valence-electron chi connectivity index (χ0n) is 11.7. The van der Waals surface area contributed by atoms with E-state index in [2.05, 4.69) is 5.32 Å². The van der Waals surface area contributed by atoms with E-state index in [1.807, 2.05) is 32.0 Å². The van der Waals surface area contributed by atoms with Crippen LogP contribution in [-0.4, -0.2) is 31.8 Å². The summed E-state index contributed by atoms with van der Waals surface area (Å²) in [5, 5.41) is 2.84. The van der Waals surface area contributed by atoms with Crippen LogP contribution >= 0.6 is 0 Å². The molecule has 106 valence electrons. The summed E-state index contributed by atoms with van der Waals surface area (Å²) in [5.74, 6) is 0.457. The normalized spacial score (nSPS) is 11.2. The van der Waals surface area contributed by atoms with Crippen molar-refractivity contribution in [3.8, 4) is 5.75 Å². The van der Waals surface area contributed by atoms with Crippen LogP contribution in [0.5, 0.6) is 5.75 Å². The van der Waals surface area contributed by atoms with Gasteiger partial charge in [-0.2, -0.15) is 0 Å². The summed E-state index contributed by atoms with van der Waals surface area (Å²) in [7, 11) is 1.60. The lowest BCUT2D eigenvalue weighted by atomic mass is 10.1. The van der Waals surface area contributed by atoms with Crippen molar-refractivity contribution in [2.45, 2.75) is 25.9 Å². The average molecular weight is 266 g/mol. The van der Waals surface area contributed by atoms with Crippen LogP contribution in [0, 0.1) is 0 Å². The summed E-state index contributed by atoms with van der Waals surface area (Å²) in [4.78, 5) is 11.8. The van der Waals surface area contributed by atoms with E-state index in [-0.39, 0.29) is 12.5 Å². The van der Waals surface area contributed by atoms with Gasteiger partial charge in [0.15, 0.2) is 6.61 Å². The minimum Gasteiger partial charge on any atom is -0.483 e. The van der Waals surface area contributed by atoms with Crippen molar-refractivity contribution in [3.63, 3.8) is 0 Å². The third-order valence-electron chi connectivity index (χ3n) is 2.53. The van der Waals surface area contributed by atoms with Crippen molar-refractivity contribution in [3.05, 3.63) is 29.8 Å². The highest BCUT2D eigenvalue weighted by molar-refractivity contribution is 5.78. The Balaban J connectivity index is 2.50. The van der Waals surface area contributed by atoms with E-state index < -0.39 is 5.54 Å². The Kier molecular flexibility index (Phi) is 5.79. The molecule has 0 aromatic heterocycles. The number of para-hydroxylation sites is 1. The minimum absolute atomic E-state index is 0.0375. The summed E-state index contributed by atoms with van der Waals surface area (Å²) >= 11 is 0. The largest absolute Gasteiger partial charge is 0.483 e. The highest BCUT2D eigenvalue weighted by Crippen LogP contribution is 2.16. The molecule has 19 heavy (non-hydrogen) atoms. The molecular weight excluding hydrogens is 244 g/mol. The minimum atomic E-state index is -0.414. The van der Waals surface area contributed by atoms with Gasteiger partial charge in [-0.15, -0.1) is 0 Å². The number of carbonyl (C=O) groups is 1. The molecule has 0 radical (unpaired) electrons. The molecule has 1 aromatic rings. The zero-order chi connectivity index (χ0) is 14.3. The molecule has 0 aliphatic carbocycles. The Labute approximate surface area is 114 Å². The van der Waals surface area contributed by atoms with Crippen LogP contribution < -0.4 is 15.8 Å². The summed E-state index contributed by atoms with van der Waals surface area (Å²) in [6.45, 7) is 4.57. The topological polar surface area (TPSA) is 73.6 Å². The molecular formula is C14H22N2O3. The first-order chi connectivity index (χ1) is 8.98. The molecule has 0 heterocycles. The lowest BCUT2D eigenvalue weighted by Crippen LogP contribution is -2.48.